The summed E-state index contributed by atoms with van der Waals surface area (Å²) >= 11 is 8.23. The minimum absolute atomic E-state index is 0.638. The molecule has 0 spiro atoms. The average Bonchev–Trinajstić information content (AvgIpc) is 2.59. The van der Waals surface area contributed by atoms with Gasteiger partial charge in [-0.25, -0.2) is 0 Å². The summed E-state index contributed by atoms with van der Waals surface area (Å²) in [6.07, 6.45) is 6.69. The van der Waals surface area contributed by atoms with Crippen LogP contribution in [0.25, 0.3) is 0 Å². The van der Waals surface area contributed by atoms with E-state index in [0.29, 0.717) is 11.3 Å². The molecule has 2 rings (SSSR count). The van der Waals surface area contributed by atoms with Crippen molar-refractivity contribution in [3.63, 3.8) is 0 Å². The average molecular weight is 284 g/mol. The molecule has 1 aromatic carbocycles. The van der Waals surface area contributed by atoms with E-state index in [1.165, 1.54) is 37.0 Å². The molecule has 18 heavy (non-hydrogen) atoms. The van der Waals surface area contributed by atoms with Gasteiger partial charge >= 0.3 is 0 Å². The van der Waals surface area contributed by atoms with Crippen LogP contribution in [-0.4, -0.2) is 17.8 Å². The summed E-state index contributed by atoms with van der Waals surface area (Å²) in [5, 5.41) is 5.20. The van der Waals surface area contributed by atoms with Crippen LogP contribution in [0.2, 0.25) is 5.02 Å². The van der Waals surface area contributed by atoms with Gasteiger partial charge in [-0.1, -0.05) is 49.9 Å². The molecule has 0 amide bonds. The molecule has 2 atom stereocenters. The molecular weight excluding hydrogens is 262 g/mol. The number of hydrogen-bond acceptors (Lipinski definition) is 2. The highest BCUT2D eigenvalue weighted by atomic mass is 35.5. The number of thioether (sulfide) groups is 1. The van der Waals surface area contributed by atoms with Crippen molar-refractivity contribution in [3.8, 4) is 0 Å². The minimum Gasteiger partial charge on any atom is -0.313 e. The van der Waals surface area contributed by atoms with Gasteiger partial charge in [0.1, 0.15) is 0 Å². The molecule has 3 heteroatoms. The summed E-state index contributed by atoms with van der Waals surface area (Å²) in [4.78, 5) is 1.23. The van der Waals surface area contributed by atoms with Gasteiger partial charge in [-0.3, -0.25) is 0 Å². The van der Waals surface area contributed by atoms with Crippen molar-refractivity contribution >= 4 is 23.4 Å². The summed E-state index contributed by atoms with van der Waals surface area (Å²) in [5.74, 6) is 0. The fourth-order valence-corrected chi connectivity index (χ4v) is 4.23. The first-order chi connectivity index (χ1) is 8.81. The Morgan fingerprint density at radius 3 is 2.78 bits per heavy atom. The fraction of sp³-hybridized carbons (Fsp3) is 0.600. The number of hydrogen-bond donors (Lipinski definition) is 1. The maximum absolute atomic E-state index is 6.27. The smallest absolute Gasteiger partial charge is 0.0541 e. The molecular formula is C15H22ClNS. The molecule has 1 saturated carbocycles. The van der Waals surface area contributed by atoms with Gasteiger partial charge in [-0.2, -0.15) is 0 Å². The van der Waals surface area contributed by atoms with Gasteiger partial charge in [0.15, 0.2) is 0 Å². The summed E-state index contributed by atoms with van der Waals surface area (Å²) < 4.78 is 0. The maximum atomic E-state index is 6.27. The van der Waals surface area contributed by atoms with E-state index in [1.807, 2.05) is 23.9 Å². The van der Waals surface area contributed by atoms with E-state index in [2.05, 4.69) is 24.4 Å². The lowest BCUT2D eigenvalue weighted by molar-refractivity contribution is 0.482. The molecule has 0 bridgehead atoms. The van der Waals surface area contributed by atoms with Crippen LogP contribution >= 0.6 is 23.4 Å². The van der Waals surface area contributed by atoms with Crippen LogP contribution in [-0.2, 0) is 0 Å². The van der Waals surface area contributed by atoms with E-state index in [9.17, 15) is 0 Å². The molecule has 1 nitrogen and oxygen atoms in total. The van der Waals surface area contributed by atoms with Crippen molar-refractivity contribution in [1.82, 2.24) is 5.32 Å². The largest absolute Gasteiger partial charge is 0.313 e. The Hall–Kier alpha value is -0.180. The highest BCUT2D eigenvalue weighted by Gasteiger charge is 2.24. The van der Waals surface area contributed by atoms with E-state index < -0.39 is 0 Å². The van der Waals surface area contributed by atoms with Crippen LogP contribution in [0.5, 0.6) is 0 Å². The molecule has 1 aliphatic rings. The lowest BCUT2D eigenvalue weighted by Crippen LogP contribution is -2.37. The number of halogens is 1. The maximum Gasteiger partial charge on any atom is 0.0541 e. The number of benzene rings is 1. The summed E-state index contributed by atoms with van der Waals surface area (Å²) in [6, 6.07) is 8.84. The minimum atomic E-state index is 0.638. The van der Waals surface area contributed by atoms with Crippen LogP contribution in [0, 0.1) is 0 Å². The van der Waals surface area contributed by atoms with Crippen molar-refractivity contribution in [2.45, 2.75) is 55.2 Å². The third kappa shape index (κ3) is 3.91. The zero-order chi connectivity index (χ0) is 12.8. The quantitative estimate of drug-likeness (QED) is 0.801. The van der Waals surface area contributed by atoms with Crippen molar-refractivity contribution in [2.75, 3.05) is 6.54 Å². The van der Waals surface area contributed by atoms with Gasteiger partial charge in [0.25, 0.3) is 0 Å². The van der Waals surface area contributed by atoms with Crippen LogP contribution in [0.1, 0.15) is 39.0 Å². The second-order valence-electron chi connectivity index (χ2n) is 4.89. The number of rotatable bonds is 4. The van der Waals surface area contributed by atoms with Crippen LogP contribution in [0.15, 0.2) is 29.2 Å². The Balaban J connectivity index is 2.06. The lowest BCUT2D eigenvalue weighted by Gasteiger charge is -2.25. The Labute approximate surface area is 120 Å². The summed E-state index contributed by atoms with van der Waals surface area (Å²) in [5.41, 5.74) is 0. The third-order valence-corrected chi connectivity index (χ3v) is 5.45. The van der Waals surface area contributed by atoms with Crippen LogP contribution in [0.4, 0.5) is 0 Å². The molecule has 0 aliphatic heterocycles. The highest BCUT2D eigenvalue weighted by molar-refractivity contribution is 8.00. The van der Waals surface area contributed by atoms with E-state index >= 15 is 0 Å². The van der Waals surface area contributed by atoms with Gasteiger partial charge in [-0.15, -0.1) is 11.8 Å². The van der Waals surface area contributed by atoms with E-state index in [-0.39, 0.29) is 0 Å². The molecule has 0 aromatic heterocycles. The first kappa shape index (κ1) is 14.2. The van der Waals surface area contributed by atoms with Crippen LogP contribution < -0.4 is 5.32 Å². The molecule has 0 heterocycles. The third-order valence-electron chi connectivity index (χ3n) is 3.53. The second kappa shape index (κ2) is 7.42. The SMILES string of the molecule is CCNC1CCCCCC1Sc1ccccc1Cl. The molecule has 0 saturated heterocycles. The fourth-order valence-electron chi connectivity index (χ4n) is 2.61. The normalized spacial score (nSPS) is 24.8. The molecule has 1 N–H and O–H groups in total. The monoisotopic (exact) mass is 283 g/mol. The van der Waals surface area contributed by atoms with Crippen molar-refractivity contribution in [3.05, 3.63) is 29.3 Å². The standard InChI is InChI=1S/C15H22ClNS/c1-2-17-13-9-4-3-5-11-15(13)18-14-10-7-6-8-12(14)16/h6-8,10,13,15,17H,2-5,9,11H2,1H3. The Bertz CT molecular complexity index is 369. The van der Waals surface area contributed by atoms with Crippen molar-refractivity contribution < 1.29 is 0 Å². The molecule has 1 fully saturated rings. The molecule has 1 aromatic rings. The Morgan fingerprint density at radius 2 is 2.00 bits per heavy atom. The Morgan fingerprint density at radius 1 is 1.22 bits per heavy atom. The zero-order valence-electron chi connectivity index (χ0n) is 11.0. The summed E-state index contributed by atoms with van der Waals surface area (Å²) in [7, 11) is 0. The van der Waals surface area contributed by atoms with E-state index in [4.69, 9.17) is 11.6 Å². The van der Waals surface area contributed by atoms with Gasteiger partial charge in [0.2, 0.25) is 0 Å². The van der Waals surface area contributed by atoms with Crippen molar-refractivity contribution in [2.24, 2.45) is 0 Å². The molecule has 1 aliphatic carbocycles. The highest BCUT2D eigenvalue weighted by Crippen LogP contribution is 2.36. The number of nitrogens with one attached hydrogen (secondary N) is 1. The molecule has 2 unspecified atom stereocenters. The Kier molecular flexibility index (Phi) is 5.87. The first-order valence-electron chi connectivity index (χ1n) is 6.96. The lowest BCUT2D eigenvalue weighted by atomic mass is 10.1. The van der Waals surface area contributed by atoms with Gasteiger partial charge in [0, 0.05) is 16.2 Å². The predicted molar refractivity (Wildman–Crippen MR) is 81.6 cm³/mol. The van der Waals surface area contributed by atoms with E-state index in [1.54, 1.807) is 0 Å². The molecule has 100 valence electrons. The topological polar surface area (TPSA) is 12.0 Å². The van der Waals surface area contributed by atoms with Crippen molar-refractivity contribution in [1.29, 1.82) is 0 Å². The van der Waals surface area contributed by atoms with Gasteiger partial charge in [-0.05, 0) is 31.5 Å². The zero-order valence-corrected chi connectivity index (χ0v) is 12.6. The summed E-state index contributed by atoms with van der Waals surface area (Å²) in [6.45, 7) is 3.26. The van der Waals surface area contributed by atoms with Gasteiger partial charge in [0.05, 0.1) is 5.02 Å². The van der Waals surface area contributed by atoms with Crippen LogP contribution in [0.3, 0.4) is 0 Å². The van der Waals surface area contributed by atoms with E-state index in [0.717, 1.165) is 11.6 Å². The van der Waals surface area contributed by atoms with Gasteiger partial charge < -0.3 is 5.32 Å². The second-order valence-corrected chi connectivity index (χ2v) is 6.58. The predicted octanol–water partition coefficient (Wildman–Crippen LogP) is 4.74. The first-order valence-corrected chi connectivity index (χ1v) is 8.21. The molecule has 0 radical (unpaired) electrons.